The number of carbonyl (C=O) groups excluding carboxylic acids is 1. The Morgan fingerprint density at radius 3 is 2.39 bits per heavy atom. The molecule has 3 rings (SSSR count). The van der Waals surface area contributed by atoms with Gasteiger partial charge in [-0.25, -0.2) is 4.39 Å². The van der Waals surface area contributed by atoms with E-state index in [9.17, 15) is 22.4 Å². The van der Waals surface area contributed by atoms with Crippen LogP contribution in [0.5, 0.6) is 0 Å². The summed E-state index contributed by atoms with van der Waals surface area (Å²) >= 11 is 5.34. The molecule has 0 aliphatic rings. The van der Waals surface area contributed by atoms with Crippen LogP contribution in [0.25, 0.3) is 10.9 Å². The smallest absolute Gasteiger partial charge is 0.348 e. The van der Waals surface area contributed by atoms with E-state index in [-0.39, 0.29) is 22.6 Å². The fraction of sp³-hybridized carbons (Fsp3) is 0.200. The van der Waals surface area contributed by atoms with Gasteiger partial charge in [0.25, 0.3) is 5.91 Å². The molecule has 0 fully saturated rings. The minimum absolute atomic E-state index is 0.140. The number of pyridine rings is 1. The molecule has 1 N–H and O–H groups in total. The summed E-state index contributed by atoms with van der Waals surface area (Å²) in [7, 11) is 1.53. The molecule has 0 aliphatic carbocycles. The fourth-order valence-electron chi connectivity index (χ4n) is 3.02. The average molecular weight is 408 g/mol. The van der Waals surface area contributed by atoms with Gasteiger partial charge in [-0.3, -0.25) is 4.79 Å². The number of alkyl halides is 3. The second kappa shape index (κ2) is 7.35. The van der Waals surface area contributed by atoms with Gasteiger partial charge < -0.3 is 9.88 Å². The fourth-order valence-corrected chi connectivity index (χ4v) is 3.36. The summed E-state index contributed by atoms with van der Waals surface area (Å²) in [4.78, 5) is 12.7. The lowest BCUT2D eigenvalue weighted by Gasteiger charge is -2.16. The number of carbonyl (C=O) groups is 1. The average Bonchev–Trinajstić information content (AvgIpc) is 2.64. The van der Waals surface area contributed by atoms with Gasteiger partial charge in [0.2, 0.25) is 0 Å². The van der Waals surface area contributed by atoms with Gasteiger partial charge in [-0.05, 0) is 42.3 Å². The highest BCUT2D eigenvalue weighted by Gasteiger charge is 2.31. The molecular formula is C20H16F4N2OS. The molecule has 0 atom stereocenters. The molecule has 2 aromatic carbocycles. The van der Waals surface area contributed by atoms with Crippen molar-refractivity contribution in [3.05, 3.63) is 75.2 Å². The summed E-state index contributed by atoms with van der Waals surface area (Å²) in [6, 6.07) is 9.04. The number of benzene rings is 2. The SMILES string of the molecule is Cc1c(C(=O)NCc2ccc(F)cc2)c(=S)n(C)c2cc(C(F)(F)F)ccc12. The minimum Gasteiger partial charge on any atom is -0.348 e. The maximum absolute atomic E-state index is 13.0. The molecule has 0 unspecified atom stereocenters. The second-order valence-electron chi connectivity index (χ2n) is 6.40. The molecule has 0 saturated heterocycles. The van der Waals surface area contributed by atoms with Crippen molar-refractivity contribution < 1.29 is 22.4 Å². The van der Waals surface area contributed by atoms with Gasteiger partial charge in [0, 0.05) is 24.5 Å². The quantitative estimate of drug-likeness (QED) is 0.471. The molecule has 0 bridgehead atoms. The van der Waals surface area contributed by atoms with Crippen LogP contribution in [0.4, 0.5) is 17.6 Å². The zero-order valence-electron chi connectivity index (χ0n) is 15.0. The van der Waals surface area contributed by atoms with Crippen LogP contribution < -0.4 is 5.32 Å². The van der Waals surface area contributed by atoms with Crippen LogP contribution in [0, 0.1) is 17.4 Å². The Labute approximate surface area is 163 Å². The van der Waals surface area contributed by atoms with Gasteiger partial charge in [0.05, 0.1) is 11.1 Å². The predicted octanol–water partition coefficient (Wildman–Crippen LogP) is 5.30. The first-order chi connectivity index (χ1) is 13.1. The van der Waals surface area contributed by atoms with Crippen LogP contribution in [0.1, 0.15) is 27.0 Å². The summed E-state index contributed by atoms with van der Waals surface area (Å²) in [5, 5.41) is 3.23. The number of halogens is 4. The van der Waals surface area contributed by atoms with Crippen molar-refractivity contribution in [2.24, 2.45) is 7.05 Å². The molecule has 3 nitrogen and oxygen atoms in total. The Kier molecular flexibility index (Phi) is 5.25. The van der Waals surface area contributed by atoms with E-state index in [1.807, 2.05) is 0 Å². The lowest BCUT2D eigenvalue weighted by Crippen LogP contribution is -2.25. The first kappa shape index (κ1) is 20.0. The van der Waals surface area contributed by atoms with Crippen molar-refractivity contribution in [3.8, 4) is 0 Å². The van der Waals surface area contributed by atoms with Crippen LogP contribution in [-0.4, -0.2) is 10.5 Å². The van der Waals surface area contributed by atoms with Gasteiger partial charge in [-0.1, -0.05) is 30.4 Å². The summed E-state index contributed by atoms with van der Waals surface area (Å²) in [6.45, 7) is 1.82. The molecule has 146 valence electrons. The third-order valence-corrected chi connectivity index (χ3v) is 5.06. The molecule has 1 amide bonds. The summed E-state index contributed by atoms with van der Waals surface area (Å²) in [6.07, 6.45) is -4.47. The van der Waals surface area contributed by atoms with Crippen LogP contribution in [0.15, 0.2) is 42.5 Å². The standard InChI is InChI=1S/C20H16F4N2OS/c1-11-15-8-5-13(20(22,23)24)9-16(15)26(2)19(28)17(11)18(27)25-10-12-3-6-14(21)7-4-12/h3-9H,10H2,1-2H3,(H,25,27). The van der Waals surface area contributed by atoms with Gasteiger partial charge in [0.15, 0.2) is 0 Å². The van der Waals surface area contributed by atoms with Crippen LogP contribution in [0.2, 0.25) is 0 Å². The number of aryl methyl sites for hydroxylation is 2. The second-order valence-corrected chi connectivity index (χ2v) is 6.79. The highest BCUT2D eigenvalue weighted by atomic mass is 32.1. The maximum Gasteiger partial charge on any atom is 0.416 e. The molecule has 28 heavy (non-hydrogen) atoms. The van der Waals surface area contributed by atoms with Crippen molar-refractivity contribution in [2.45, 2.75) is 19.6 Å². The molecule has 1 heterocycles. The summed E-state index contributed by atoms with van der Waals surface area (Å²) < 4.78 is 53.6. The maximum atomic E-state index is 13.0. The van der Waals surface area contributed by atoms with Crippen molar-refractivity contribution in [1.29, 1.82) is 0 Å². The predicted molar refractivity (Wildman–Crippen MR) is 101 cm³/mol. The lowest BCUT2D eigenvalue weighted by atomic mass is 10.0. The van der Waals surface area contributed by atoms with E-state index >= 15 is 0 Å². The molecule has 3 aromatic rings. The van der Waals surface area contributed by atoms with Crippen molar-refractivity contribution in [3.63, 3.8) is 0 Å². The Balaban J connectivity index is 2.00. The number of amides is 1. The summed E-state index contributed by atoms with van der Waals surface area (Å²) in [5.74, 6) is -0.817. The van der Waals surface area contributed by atoms with E-state index < -0.39 is 17.6 Å². The van der Waals surface area contributed by atoms with E-state index in [0.29, 0.717) is 22.0 Å². The van der Waals surface area contributed by atoms with E-state index in [2.05, 4.69) is 5.32 Å². The third-order valence-electron chi connectivity index (χ3n) is 4.58. The van der Waals surface area contributed by atoms with Crippen LogP contribution in [-0.2, 0) is 19.8 Å². The van der Waals surface area contributed by atoms with Crippen molar-refractivity contribution >= 4 is 29.0 Å². The van der Waals surface area contributed by atoms with E-state index in [1.54, 1.807) is 19.1 Å². The number of hydrogen-bond donors (Lipinski definition) is 1. The Bertz CT molecular complexity index is 1120. The highest BCUT2D eigenvalue weighted by molar-refractivity contribution is 7.71. The molecule has 0 radical (unpaired) electrons. The number of hydrogen-bond acceptors (Lipinski definition) is 2. The Morgan fingerprint density at radius 1 is 1.14 bits per heavy atom. The highest BCUT2D eigenvalue weighted by Crippen LogP contribution is 2.33. The lowest BCUT2D eigenvalue weighted by molar-refractivity contribution is -0.137. The number of nitrogens with zero attached hydrogens (tertiary/aromatic N) is 1. The first-order valence-electron chi connectivity index (χ1n) is 8.33. The Hall–Kier alpha value is -2.74. The van der Waals surface area contributed by atoms with E-state index in [4.69, 9.17) is 12.2 Å². The number of nitrogens with one attached hydrogen (secondary N) is 1. The molecule has 1 aromatic heterocycles. The first-order valence-corrected chi connectivity index (χ1v) is 8.73. The summed E-state index contributed by atoms with van der Waals surface area (Å²) in [5.41, 5.74) is 0.957. The molecule has 0 saturated carbocycles. The van der Waals surface area contributed by atoms with E-state index in [0.717, 1.165) is 12.1 Å². The molecule has 0 aliphatic heterocycles. The van der Waals surface area contributed by atoms with Gasteiger partial charge in [-0.2, -0.15) is 13.2 Å². The number of rotatable bonds is 3. The monoisotopic (exact) mass is 408 g/mol. The third kappa shape index (κ3) is 3.77. The van der Waals surface area contributed by atoms with Crippen LogP contribution >= 0.6 is 12.2 Å². The normalized spacial score (nSPS) is 11.6. The number of fused-ring (bicyclic) bond motifs is 1. The molecular weight excluding hydrogens is 392 g/mol. The number of aromatic nitrogens is 1. The van der Waals surface area contributed by atoms with Crippen LogP contribution in [0.3, 0.4) is 0 Å². The minimum atomic E-state index is -4.47. The van der Waals surface area contributed by atoms with Crippen molar-refractivity contribution in [1.82, 2.24) is 9.88 Å². The van der Waals surface area contributed by atoms with Gasteiger partial charge in [-0.15, -0.1) is 0 Å². The Morgan fingerprint density at radius 2 is 1.79 bits per heavy atom. The van der Waals surface area contributed by atoms with E-state index in [1.165, 1.54) is 29.8 Å². The molecule has 8 heteroatoms. The zero-order chi connectivity index (χ0) is 20.6. The van der Waals surface area contributed by atoms with Crippen molar-refractivity contribution in [2.75, 3.05) is 0 Å². The largest absolute Gasteiger partial charge is 0.416 e. The molecule has 0 spiro atoms. The van der Waals surface area contributed by atoms with Gasteiger partial charge >= 0.3 is 6.18 Å². The van der Waals surface area contributed by atoms with Gasteiger partial charge in [0.1, 0.15) is 10.5 Å². The topological polar surface area (TPSA) is 34.0 Å². The zero-order valence-corrected chi connectivity index (χ0v) is 15.8.